The Morgan fingerprint density at radius 3 is 0.772 bits per heavy atom. The molecule has 450 valence electrons. The van der Waals surface area contributed by atoms with E-state index in [1.54, 1.807) is 0 Å². The molecule has 6 nitrogen and oxygen atoms in total. The Morgan fingerprint density at radius 1 is 0.266 bits per heavy atom. The van der Waals surface area contributed by atoms with Gasteiger partial charge in [0.05, 0.1) is 0 Å². The zero-order valence-corrected chi connectivity index (χ0v) is 51.6. The Kier molecular flexibility index (Phi) is 62.8. The highest BCUT2D eigenvalue weighted by Gasteiger charge is 2.19. The van der Waals surface area contributed by atoms with Crippen LogP contribution < -0.4 is 0 Å². The smallest absolute Gasteiger partial charge is 0.306 e. The van der Waals surface area contributed by atoms with E-state index in [2.05, 4.69) is 142 Å². The highest BCUT2D eigenvalue weighted by molar-refractivity contribution is 5.71. The number of rotatable bonds is 59. The van der Waals surface area contributed by atoms with Crippen molar-refractivity contribution >= 4 is 17.9 Å². The van der Waals surface area contributed by atoms with Crippen LogP contribution in [0.3, 0.4) is 0 Å². The first-order valence-corrected chi connectivity index (χ1v) is 33.0. The van der Waals surface area contributed by atoms with Gasteiger partial charge < -0.3 is 14.2 Å². The van der Waals surface area contributed by atoms with Crippen molar-refractivity contribution in [3.8, 4) is 0 Å². The van der Waals surface area contributed by atoms with Crippen molar-refractivity contribution in [2.75, 3.05) is 13.2 Å². The zero-order chi connectivity index (χ0) is 57.1. The second kappa shape index (κ2) is 66.3. The molecule has 0 aromatic rings. The minimum Gasteiger partial charge on any atom is -0.462 e. The van der Waals surface area contributed by atoms with E-state index >= 15 is 0 Å². The van der Waals surface area contributed by atoms with E-state index in [4.69, 9.17) is 14.2 Å². The third-order valence-electron chi connectivity index (χ3n) is 14.0. The van der Waals surface area contributed by atoms with Crippen LogP contribution in [0.2, 0.25) is 0 Å². The lowest BCUT2D eigenvalue weighted by atomic mass is 10.0. The SMILES string of the molecule is CC/C=C\C/C=C\C/C=C\C/C=C\C/C=C\C/C=C\C/C=C\C/C=C\C/C=C\C/C=C\CCCCCCC(=O)OCC(COC(=O)CCCCCCCCC)OC(=O)CCCCCCCCCCCCCCCCCCCCC. The van der Waals surface area contributed by atoms with Crippen molar-refractivity contribution in [3.05, 3.63) is 122 Å². The molecular weight excluding hydrogens is 973 g/mol. The molecule has 0 N–H and O–H groups in total. The van der Waals surface area contributed by atoms with Gasteiger partial charge in [0.2, 0.25) is 0 Å². The largest absolute Gasteiger partial charge is 0.462 e. The van der Waals surface area contributed by atoms with Gasteiger partial charge in [-0.05, 0) is 96.3 Å². The third kappa shape index (κ3) is 64.5. The topological polar surface area (TPSA) is 78.9 Å². The maximum Gasteiger partial charge on any atom is 0.306 e. The average molecular weight is 1100 g/mol. The predicted octanol–water partition coefficient (Wildman–Crippen LogP) is 22.8. The molecule has 0 heterocycles. The minimum atomic E-state index is -0.786. The molecule has 0 fully saturated rings. The monoisotopic (exact) mass is 1090 g/mol. The molecule has 0 saturated heterocycles. The molecule has 0 aliphatic carbocycles. The van der Waals surface area contributed by atoms with Crippen LogP contribution in [0.15, 0.2) is 122 Å². The molecule has 6 heteroatoms. The number of hydrogen-bond donors (Lipinski definition) is 0. The van der Waals surface area contributed by atoms with E-state index in [0.29, 0.717) is 19.3 Å². The van der Waals surface area contributed by atoms with Gasteiger partial charge in [0.15, 0.2) is 6.10 Å². The fourth-order valence-electron chi connectivity index (χ4n) is 9.06. The molecule has 0 aliphatic rings. The lowest BCUT2D eigenvalue weighted by molar-refractivity contribution is -0.167. The first-order valence-electron chi connectivity index (χ1n) is 33.0. The van der Waals surface area contributed by atoms with Gasteiger partial charge in [0.1, 0.15) is 13.2 Å². The van der Waals surface area contributed by atoms with E-state index in [9.17, 15) is 14.4 Å². The summed E-state index contributed by atoms with van der Waals surface area (Å²) < 4.78 is 16.8. The summed E-state index contributed by atoms with van der Waals surface area (Å²) in [7, 11) is 0. The first kappa shape index (κ1) is 74.8. The van der Waals surface area contributed by atoms with Gasteiger partial charge in [0, 0.05) is 19.3 Å². The maximum atomic E-state index is 12.9. The summed E-state index contributed by atoms with van der Waals surface area (Å²) in [4.78, 5) is 38.1. The van der Waals surface area contributed by atoms with Gasteiger partial charge in [0.25, 0.3) is 0 Å². The van der Waals surface area contributed by atoms with E-state index in [-0.39, 0.29) is 31.1 Å². The highest BCUT2D eigenvalue weighted by atomic mass is 16.6. The number of carbonyl (C=O) groups is 3. The van der Waals surface area contributed by atoms with Gasteiger partial charge in [-0.3, -0.25) is 14.4 Å². The van der Waals surface area contributed by atoms with Crippen molar-refractivity contribution in [2.45, 2.75) is 309 Å². The van der Waals surface area contributed by atoms with Gasteiger partial charge in [-0.2, -0.15) is 0 Å². The normalized spacial score (nSPS) is 12.9. The molecule has 0 aromatic heterocycles. The van der Waals surface area contributed by atoms with Crippen LogP contribution in [0.25, 0.3) is 0 Å². The van der Waals surface area contributed by atoms with E-state index in [1.807, 2.05) is 0 Å². The molecule has 1 unspecified atom stereocenters. The molecule has 0 spiro atoms. The quantitative estimate of drug-likeness (QED) is 0.0261. The Labute approximate surface area is 488 Å². The molecule has 0 radical (unpaired) electrons. The van der Waals surface area contributed by atoms with Crippen LogP contribution in [0, 0.1) is 0 Å². The highest BCUT2D eigenvalue weighted by Crippen LogP contribution is 2.16. The molecule has 0 aliphatic heterocycles. The summed E-state index contributed by atoms with van der Waals surface area (Å²) >= 11 is 0. The summed E-state index contributed by atoms with van der Waals surface area (Å²) in [5.41, 5.74) is 0. The molecular formula is C73H122O6. The molecule has 0 saturated carbocycles. The molecule has 0 amide bonds. The number of carbonyl (C=O) groups excluding carboxylic acids is 3. The van der Waals surface area contributed by atoms with Crippen LogP contribution >= 0.6 is 0 Å². The Bertz CT molecular complexity index is 1640. The zero-order valence-electron chi connectivity index (χ0n) is 51.6. The summed E-state index contributed by atoms with van der Waals surface area (Å²) in [6.07, 6.45) is 92.4. The Morgan fingerprint density at radius 2 is 0.494 bits per heavy atom. The van der Waals surface area contributed by atoms with E-state index in [1.165, 1.54) is 128 Å². The van der Waals surface area contributed by atoms with Gasteiger partial charge in [-0.25, -0.2) is 0 Å². The standard InChI is InChI=1S/C73H122O6/c1-4-7-10-13-16-18-20-22-24-26-28-29-30-31-32-33-34-35-36-37-38-39-40-41-42-43-45-46-48-50-52-54-57-60-63-66-72(75)78-69-70(68-77-71(74)65-62-59-56-15-12-9-6-3)79-73(76)67-64-61-58-55-53-51-49-47-44-27-25-23-21-19-17-14-11-8-5-2/h7,10,16,18,22,24,28-29,31-32,34-35,37-38,40-41,43,45,48,50,70H,4-6,8-9,11-15,17,19-21,23,25-27,30,33,36,39,42,44,46-47,49,51-69H2,1-3H3/b10-7-,18-16-,24-22-,29-28-,32-31-,35-34-,38-37-,41-40-,45-43-,50-48-. The minimum absolute atomic E-state index is 0.0843. The van der Waals surface area contributed by atoms with Crippen LogP contribution in [0.4, 0.5) is 0 Å². The fraction of sp³-hybridized carbons (Fsp3) is 0.685. The number of ether oxygens (including phenoxy) is 3. The average Bonchev–Trinajstić information content (AvgIpc) is 3.45. The van der Waals surface area contributed by atoms with Crippen LogP contribution in [-0.4, -0.2) is 37.2 Å². The molecule has 79 heavy (non-hydrogen) atoms. The fourth-order valence-corrected chi connectivity index (χ4v) is 9.06. The second-order valence-electron chi connectivity index (χ2n) is 21.7. The molecule has 1 atom stereocenters. The number of hydrogen-bond acceptors (Lipinski definition) is 6. The first-order chi connectivity index (χ1) is 39.0. The third-order valence-corrected chi connectivity index (χ3v) is 14.0. The molecule has 0 aromatic carbocycles. The number of unbranched alkanes of at least 4 members (excludes halogenated alkanes) is 28. The second-order valence-corrected chi connectivity index (χ2v) is 21.7. The van der Waals surface area contributed by atoms with E-state index in [0.717, 1.165) is 135 Å². The van der Waals surface area contributed by atoms with Crippen LogP contribution in [-0.2, 0) is 28.6 Å². The Balaban J connectivity index is 4.18. The van der Waals surface area contributed by atoms with Crippen molar-refractivity contribution in [2.24, 2.45) is 0 Å². The summed E-state index contributed by atoms with van der Waals surface area (Å²) in [6, 6.07) is 0. The van der Waals surface area contributed by atoms with Crippen molar-refractivity contribution in [3.63, 3.8) is 0 Å². The van der Waals surface area contributed by atoms with Gasteiger partial charge >= 0.3 is 17.9 Å². The number of esters is 3. The van der Waals surface area contributed by atoms with Crippen molar-refractivity contribution in [1.82, 2.24) is 0 Å². The van der Waals surface area contributed by atoms with Gasteiger partial charge in [-0.1, -0.05) is 309 Å². The lowest BCUT2D eigenvalue weighted by Crippen LogP contribution is -2.30. The predicted molar refractivity (Wildman–Crippen MR) is 343 cm³/mol. The molecule has 0 rings (SSSR count). The lowest BCUT2D eigenvalue weighted by Gasteiger charge is -2.18. The van der Waals surface area contributed by atoms with Crippen molar-refractivity contribution < 1.29 is 28.6 Å². The van der Waals surface area contributed by atoms with Crippen LogP contribution in [0.1, 0.15) is 303 Å². The summed E-state index contributed by atoms with van der Waals surface area (Å²) in [5, 5.41) is 0. The van der Waals surface area contributed by atoms with Crippen molar-refractivity contribution in [1.29, 1.82) is 0 Å². The van der Waals surface area contributed by atoms with Crippen LogP contribution in [0.5, 0.6) is 0 Å². The molecule has 0 bridgehead atoms. The summed E-state index contributed by atoms with van der Waals surface area (Å²) in [5.74, 6) is -0.909. The maximum absolute atomic E-state index is 12.9. The van der Waals surface area contributed by atoms with Gasteiger partial charge in [-0.15, -0.1) is 0 Å². The number of allylic oxidation sites excluding steroid dienone is 20. The van der Waals surface area contributed by atoms with E-state index < -0.39 is 6.10 Å². The summed E-state index contributed by atoms with van der Waals surface area (Å²) in [6.45, 7) is 6.48. The Hall–Kier alpha value is -4.19.